The smallest absolute Gasteiger partial charge is 0.396 e. The summed E-state index contributed by atoms with van der Waals surface area (Å²) in [5, 5.41) is 18.4. The third-order valence-electron chi connectivity index (χ3n) is 2.49. The third kappa shape index (κ3) is 3.20. The highest BCUT2D eigenvalue weighted by molar-refractivity contribution is 9.10. The minimum atomic E-state index is -4.77. The van der Waals surface area contributed by atoms with Gasteiger partial charge in [-0.15, -0.1) is 0 Å². The molecule has 0 saturated heterocycles. The van der Waals surface area contributed by atoms with Gasteiger partial charge in [-0.3, -0.25) is 0 Å². The topological polar surface area (TPSA) is 40.5 Å². The predicted molar refractivity (Wildman–Crippen MR) is 60.4 cm³/mol. The molecule has 0 aliphatic heterocycles. The van der Waals surface area contributed by atoms with Crippen LogP contribution in [0.4, 0.5) is 13.2 Å². The number of alkyl halides is 3. The lowest BCUT2D eigenvalue weighted by molar-refractivity contribution is -0.270. The molecule has 1 rings (SSSR count). The zero-order chi connectivity index (χ0) is 13.1. The van der Waals surface area contributed by atoms with Crippen molar-refractivity contribution in [3.8, 4) is 0 Å². The number of benzene rings is 1. The number of aliphatic hydroxyl groups is 2. The molecule has 0 spiro atoms. The molecular weight excluding hydrogens is 301 g/mol. The largest absolute Gasteiger partial charge is 0.421 e. The highest BCUT2D eigenvalue weighted by atomic mass is 79.9. The summed E-state index contributed by atoms with van der Waals surface area (Å²) < 4.78 is 39.2. The second-order valence-corrected chi connectivity index (χ2v) is 4.61. The van der Waals surface area contributed by atoms with Crippen molar-refractivity contribution < 1.29 is 23.4 Å². The molecule has 0 radical (unpaired) electrons. The van der Waals surface area contributed by atoms with E-state index in [0.717, 1.165) is 0 Å². The Morgan fingerprint density at radius 1 is 1.12 bits per heavy atom. The summed E-state index contributed by atoms with van der Waals surface area (Å²) in [7, 11) is 0. The highest BCUT2D eigenvalue weighted by Crippen LogP contribution is 2.42. The average Bonchev–Trinajstić information content (AvgIpc) is 2.25. The molecule has 0 aromatic heterocycles. The third-order valence-corrected chi connectivity index (χ3v) is 3.02. The SMILES string of the molecule is OCCCC(O)(c1ccc(Br)cc1)C(F)(F)F. The lowest BCUT2D eigenvalue weighted by Gasteiger charge is -2.31. The summed E-state index contributed by atoms with van der Waals surface area (Å²) in [5.41, 5.74) is -3.13. The van der Waals surface area contributed by atoms with Gasteiger partial charge < -0.3 is 10.2 Å². The molecule has 1 aromatic carbocycles. The second-order valence-electron chi connectivity index (χ2n) is 3.69. The second kappa shape index (κ2) is 5.37. The first-order chi connectivity index (χ1) is 7.81. The molecule has 2 N–H and O–H groups in total. The van der Waals surface area contributed by atoms with Crippen LogP contribution < -0.4 is 0 Å². The van der Waals surface area contributed by atoms with E-state index in [1.807, 2.05) is 0 Å². The van der Waals surface area contributed by atoms with E-state index in [0.29, 0.717) is 4.47 Å². The molecule has 0 fully saturated rings. The van der Waals surface area contributed by atoms with Crippen LogP contribution in [0.2, 0.25) is 0 Å². The van der Waals surface area contributed by atoms with E-state index < -0.39 is 24.8 Å². The Kier molecular flexibility index (Phi) is 4.57. The standard InChI is InChI=1S/C11H12BrF3O2/c12-9-4-2-8(3-5-9)10(17,6-1-7-16)11(13,14)15/h2-5,16-17H,1,6-7H2. The normalized spacial score (nSPS) is 15.6. The van der Waals surface area contributed by atoms with Crippen molar-refractivity contribution in [2.45, 2.75) is 24.6 Å². The van der Waals surface area contributed by atoms with Crippen LogP contribution in [-0.2, 0) is 5.60 Å². The van der Waals surface area contributed by atoms with Crippen LogP contribution in [-0.4, -0.2) is 23.0 Å². The number of halogens is 4. The Balaban J connectivity index is 3.10. The zero-order valence-corrected chi connectivity index (χ0v) is 10.4. The van der Waals surface area contributed by atoms with Crippen LogP contribution in [0.3, 0.4) is 0 Å². The Labute approximate surface area is 105 Å². The van der Waals surface area contributed by atoms with Gasteiger partial charge in [0.2, 0.25) is 0 Å². The first kappa shape index (κ1) is 14.5. The first-order valence-electron chi connectivity index (χ1n) is 4.97. The Morgan fingerprint density at radius 2 is 1.65 bits per heavy atom. The molecule has 0 bridgehead atoms. The van der Waals surface area contributed by atoms with Crippen molar-refractivity contribution >= 4 is 15.9 Å². The van der Waals surface area contributed by atoms with E-state index in [2.05, 4.69) is 15.9 Å². The van der Waals surface area contributed by atoms with Gasteiger partial charge in [0.1, 0.15) is 0 Å². The Bertz CT molecular complexity index is 364. The van der Waals surface area contributed by atoms with Gasteiger partial charge >= 0.3 is 6.18 Å². The maximum absolute atomic E-state index is 12.9. The van der Waals surface area contributed by atoms with Crippen LogP contribution in [0.25, 0.3) is 0 Å². The van der Waals surface area contributed by atoms with Gasteiger partial charge in [-0.1, -0.05) is 28.1 Å². The van der Waals surface area contributed by atoms with E-state index in [-0.39, 0.29) is 12.0 Å². The number of rotatable bonds is 4. The maximum Gasteiger partial charge on any atom is 0.421 e. The molecule has 0 saturated carbocycles. The molecule has 2 nitrogen and oxygen atoms in total. The van der Waals surface area contributed by atoms with Crippen molar-refractivity contribution in [1.82, 2.24) is 0 Å². The van der Waals surface area contributed by atoms with Crippen LogP contribution in [0.1, 0.15) is 18.4 Å². The van der Waals surface area contributed by atoms with Gasteiger partial charge in [-0.05, 0) is 30.5 Å². The van der Waals surface area contributed by atoms with E-state index in [9.17, 15) is 18.3 Å². The van der Waals surface area contributed by atoms with Crippen molar-refractivity contribution in [2.24, 2.45) is 0 Å². The Morgan fingerprint density at radius 3 is 2.06 bits per heavy atom. The molecular formula is C11H12BrF3O2. The summed E-state index contributed by atoms with van der Waals surface area (Å²) in [5.74, 6) is 0. The molecule has 96 valence electrons. The summed E-state index contributed by atoms with van der Waals surface area (Å²) in [6, 6.07) is 5.31. The molecule has 0 aliphatic carbocycles. The van der Waals surface area contributed by atoms with Gasteiger partial charge in [0.05, 0.1) is 0 Å². The van der Waals surface area contributed by atoms with E-state index in [4.69, 9.17) is 5.11 Å². The molecule has 1 unspecified atom stereocenters. The first-order valence-corrected chi connectivity index (χ1v) is 5.76. The molecule has 17 heavy (non-hydrogen) atoms. The predicted octanol–water partition coefficient (Wildman–Crippen LogP) is 2.97. The summed E-state index contributed by atoms with van der Waals surface area (Å²) in [6.45, 7) is -0.394. The van der Waals surface area contributed by atoms with Crippen LogP contribution >= 0.6 is 15.9 Å². The highest BCUT2D eigenvalue weighted by Gasteiger charge is 2.54. The Hall–Kier alpha value is -0.590. The lowest BCUT2D eigenvalue weighted by atomic mass is 9.88. The van der Waals surface area contributed by atoms with Crippen LogP contribution in [0.5, 0.6) is 0 Å². The molecule has 0 amide bonds. The average molecular weight is 313 g/mol. The van der Waals surface area contributed by atoms with Crippen LogP contribution in [0.15, 0.2) is 28.7 Å². The summed E-state index contributed by atoms with van der Waals surface area (Å²) in [6.07, 6.45) is -5.45. The van der Waals surface area contributed by atoms with Crippen molar-refractivity contribution in [1.29, 1.82) is 0 Å². The molecule has 1 aromatic rings. The minimum Gasteiger partial charge on any atom is -0.396 e. The van der Waals surface area contributed by atoms with E-state index in [1.165, 1.54) is 24.3 Å². The lowest BCUT2D eigenvalue weighted by Crippen LogP contribution is -2.42. The summed E-state index contributed by atoms with van der Waals surface area (Å²) in [4.78, 5) is 0. The van der Waals surface area contributed by atoms with Gasteiger partial charge in [-0.2, -0.15) is 13.2 Å². The summed E-state index contributed by atoms with van der Waals surface area (Å²) >= 11 is 3.11. The molecule has 1 atom stereocenters. The quantitative estimate of drug-likeness (QED) is 0.897. The van der Waals surface area contributed by atoms with E-state index >= 15 is 0 Å². The number of hydrogen-bond acceptors (Lipinski definition) is 2. The van der Waals surface area contributed by atoms with Gasteiger partial charge in [0.15, 0.2) is 5.60 Å². The maximum atomic E-state index is 12.9. The molecule has 6 heteroatoms. The zero-order valence-electron chi connectivity index (χ0n) is 8.84. The molecule has 0 aliphatic rings. The molecule has 0 heterocycles. The number of hydrogen-bond donors (Lipinski definition) is 2. The minimum absolute atomic E-state index is 0.119. The monoisotopic (exact) mass is 312 g/mol. The fraction of sp³-hybridized carbons (Fsp3) is 0.455. The van der Waals surface area contributed by atoms with Gasteiger partial charge in [0.25, 0.3) is 0 Å². The fourth-order valence-electron chi connectivity index (χ4n) is 1.51. The van der Waals surface area contributed by atoms with E-state index in [1.54, 1.807) is 0 Å². The number of aliphatic hydroxyl groups excluding tert-OH is 1. The fourth-order valence-corrected chi connectivity index (χ4v) is 1.77. The van der Waals surface area contributed by atoms with Crippen molar-refractivity contribution in [2.75, 3.05) is 6.61 Å². The van der Waals surface area contributed by atoms with Crippen molar-refractivity contribution in [3.05, 3.63) is 34.3 Å². The van der Waals surface area contributed by atoms with Gasteiger partial charge in [-0.25, -0.2) is 0 Å². The van der Waals surface area contributed by atoms with Crippen molar-refractivity contribution in [3.63, 3.8) is 0 Å². The van der Waals surface area contributed by atoms with Gasteiger partial charge in [0, 0.05) is 11.1 Å². The van der Waals surface area contributed by atoms with Crippen LogP contribution in [0, 0.1) is 0 Å².